The number of carbonyl (C=O) groups excluding carboxylic acids is 1. The van der Waals surface area contributed by atoms with Crippen molar-refractivity contribution in [3.63, 3.8) is 0 Å². The number of anilines is 1. The second kappa shape index (κ2) is 10.8. The number of hydrogen-bond donors (Lipinski definition) is 2. The molecule has 0 saturated carbocycles. The monoisotopic (exact) mass is 439 g/mol. The molecule has 162 valence electrons. The Labute approximate surface area is 182 Å². The Hall–Kier alpha value is -3.07. The normalized spacial score (nSPS) is 11.3. The van der Waals surface area contributed by atoms with Gasteiger partial charge in [-0.25, -0.2) is 13.1 Å². The van der Waals surface area contributed by atoms with E-state index in [1.54, 1.807) is 68.0 Å². The molecule has 0 spiro atoms. The number of rotatable bonds is 10. The largest absolute Gasteiger partial charge is 0.385 e. The second-order valence-electron chi connectivity index (χ2n) is 6.96. The zero-order chi connectivity index (χ0) is 22.1. The minimum absolute atomic E-state index is 0.127. The maximum atomic E-state index is 12.6. The Morgan fingerprint density at radius 1 is 1.00 bits per heavy atom. The number of methoxy groups -OCH3 is 1. The minimum Gasteiger partial charge on any atom is -0.385 e. The lowest BCUT2D eigenvalue weighted by Crippen LogP contribution is -2.23. The third kappa shape index (κ3) is 6.71. The van der Waals surface area contributed by atoms with Gasteiger partial charge in [0.25, 0.3) is 5.91 Å². The van der Waals surface area contributed by atoms with Crippen molar-refractivity contribution in [2.45, 2.75) is 24.3 Å². The summed E-state index contributed by atoms with van der Waals surface area (Å²) in [7, 11) is -1.97. The smallest absolute Gasteiger partial charge is 0.255 e. The first-order chi connectivity index (χ1) is 15.0. The van der Waals surface area contributed by atoms with E-state index in [4.69, 9.17) is 4.74 Å². The molecule has 0 aliphatic carbocycles. The van der Waals surface area contributed by atoms with Gasteiger partial charge in [0.15, 0.2) is 0 Å². The maximum Gasteiger partial charge on any atom is 0.255 e. The maximum absolute atomic E-state index is 12.6. The van der Waals surface area contributed by atoms with Crippen LogP contribution in [0, 0.1) is 0 Å². The Morgan fingerprint density at radius 3 is 2.35 bits per heavy atom. The molecule has 0 unspecified atom stereocenters. The summed E-state index contributed by atoms with van der Waals surface area (Å²) < 4.78 is 32.7. The lowest BCUT2D eigenvalue weighted by Gasteiger charge is -2.09. The molecular formula is C23H25N3O4S. The molecule has 0 bridgehead atoms. The van der Waals surface area contributed by atoms with Gasteiger partial charge in [0.05, 0.1) is 16.8 Å². The van der Waals surface area contributed by atoms with E-state index in [1.165, 1.54) is 0 Å². The lowest BCUT2D eigenvalue weighted by atomic mass is 10.1. The summed E-state index contributed by atoms with van der Waals surface area (Å²) in [5, 5.41) is 2.76. The summed E-state index contributed by atoms with van der Waals surface area (Å²) in [4.78, 5) is 16.5. The van der Waals surface area contributed by atoms with E-state index >= 15 is 0 Å². The number of aryl methyl sites for hydroxylation is 1. The number of hydrogen-bond acceptors (Lipinski definition) is 5. The van der Waals surface area contributed by atoms with Crippen LogP contribution in [-0.4, -0.2) is 33.0 Å². The molecule has 31 heavy (non-hydrogen) atoms. The molecule has 3 rings (SSSR count). The van der Waals surface area contributed by atoms with Crippen molar-refractivity contribution in [1.29, 1.82) is 0 Å². The van der Waals surface area contributed by atoms with Crippen molar-refractivity contribution in [3.8, 4) is 0 Å². The molecule has 0 radical (unpaired) electrons. The quantitative estimate of drug-likeness (QED) is 0.472. The molecule has 0 atom stereocenters. The van der Waals surface area contributed by atoms with E-state index in [0.717, 1.165) is 24.0 Å². The predicted molar refractivity (Wildman–Crippen MR) is 119 cm³/mol. The van der Waals surface area contributed by atoms with Crippen LogP contribution in [0.2, 0.25) is 0 Å². The highest BCUT2D eigenvalue weighted by Crippen LogP contribution is 2.14. The minimum atomic E-state index is -3.63. The summed E-state index contributed by atoms with van der Waals surface area (Å²) in [5.74, 6) is -0.259. The van der Waals surface area contributed by atoms with Gasteiger partial charge >= 0.3 is 0 Å². The van der Waals surface area contributed by atoms with Crippen molar-refractivity contribution >= 4 is 21.6 Å². The number of carbonyl (C=O) groups is 1. The van der Waals surface area contributed by atoms with Gasteiger partial charge in [-0.2, -0.15) is 0 Å². The van der Waals surface area contributed by atoms with Crippen LogP contribution in [0.15, 0.2) is 78.0 Å². The fourth-order valence-electron chi connectivity index (χ4n) is 2.93. The summed E-state index contributed by atoms with van der Waals surface area (Å²) in [5.41, 5.74) is 2.89. The first-order valence-electron chi connectivity index (χ1n) is 9.86. The molecule has 7 nitrogen and oxygen atoms in total. The second-order valence-corrected chi connectivity index (χ2v) is 8.72. The Morgan fingerprint density at radius 2 is 1.71 bits per heavy atom. The molecule has 0 aliphatic heterocycles. The van der Waals surface area contributed by atoms with Crippen molar-refractivity contribution in [2.75, 3.05) is 19.0 Å². The number of sulfonamides is 1. The molecule has 8 heteroatoms. The van der Waals surface area contributed by atoms with E-state index in [1.807, 2.05) is 12.1 Å². The number of nitrogens with one attached hydrogen (secondary N) is 2. The summed E-state index contributed by atoms with van der Waals surface area (Å²) in [6.07, 6.45) is 4.91. The van der Waals surface area contributed by atoms with Crippen molar-refractivity contribution in [1.82, 2.24) is 9.71 Å². The van der Waals surface area contributed by atoms with Gasteiger partial charge in [-0.3, -0.25) is 9.78 Å². The SMILES string of the molecule is COCCCc1ccc(S(=O)(=O)NCc2ccc(C(=O)Nc3cccnc3)cc2)cc1. The molecule has 0 aliphatic rings. The van der Waals surface area contributed by atoms with E-state index in [9.17, 15) is 13.2 Å². The fourth-order valence-corrected chi connectivity index (χ4v) is 3.95. The van der Waals surface area contributed by atoms with Crippen LogP contribution in [0.5, 0.6) is 0 Å². The van der Waals surface area contributed by atoms with Crippen LogP contribution in [-0.2, 0) is 27.7 Å². The van der Waals surface area contributed by atoms with Gasteiger partial charge in [-0.05, 0) is 60.4 Å². The summed E-state index contributed by atoms with van der Waals surface area (Å²) in [6, 6.07) is 17.1. The van der Waals surface area contributed by atoms with E-state index in [-0.39, 0.29) is 17.3 Å². The van der Waals surface area contributed by atoms with Crippen LogP contribution < -0.4 is 10.0 Å². The van der Waals surface area contributed by atoms with Gasteiger partial charge in [-0.1, -0.05) is 24.3 Å². The van der Waals surface area contributed by atoms with Crippen LogP contribution in [0.1, 0.15) is 27.9 Å². The number of benzene rings is 2. The van der Waals surface area contributed by atoms with Crippen molar-refractivity contribution in [2.24, 2.45) is 0 Å². The molecule has 1 aromatic heterocycles. The van der Waals surface area contributed by atoms with Crippen LogP contribution in [0.25, 0.3) is 0 Å². The van der Waals surface area contributed by atoms with Crippen molar-refractivity contribution in [3.05, 3.63) is 89.7 Å². The zero-order valence-electron chi connectivity index (χ0n) is 17.2. The highest BCUT2D eigenvalue weighted by molar-refractivity contribution is 7.89. The standard InChI is InChI=1S/C23H25N3O4S/c1-30-15-3-4-18-8-12-22(13-9-18)31(28,29)25-16-19-6-10-20(11-7-19)23(27)26-21-5-2-14-24-17-21/h2,5-14,17,25H,3-4,15-16H2,1H3,(H,26,27). The zero-order valence-corrected chi connectivity index (χ0v) is 18.1. The number of ether oxygens (including phenoxy) is 1. The Bertz CT molecular complexity index is 1080. The number of amides is 1. The molecule has 1 heterocycles. The molecule has 2 N–H and O–H groups in total. The molecular weight excluding hydrogens is 414 g/mol. The highest BCUT2D eigenvalue weighted by atomic mass is 32.2. The third-order valence-corrected chi connectivity index (χ3v) is 6.07. The number of nitrogens with zero attached hydrogens (tertiary/aromatic N) is 1. The molecule has 3 aromatic rings. The van der Waals surface area contributed by atoms with Crippen LogP contribution in [0.4, 0.5) is 5.69 Å². The molecule has 0 fully saturated rings. The predicted octanol–water partition coefficient (Wildman–Crippen LogP) is 3.39. The van der Waals surface area contributed by atoms with E-state index in [0.29, 0.717) is 17.9 Å². The first kappa shape index (κ1) is 22.6. The van der Waals surface area contributed by atoms with Gasteiger partial charge < -0.3 is 10.1 Å². The molecule has 2 aromatic carbocycles. The van der Waals surface area contributed by atoms with Gasteiger partial charge in [0.2, 0.25) is 10.0 Å². The topological polar surface area (TPSA) is 97.4 Å². The lowest BCUT2D eigenvalue weighted by molar-refractivity contribution is 0.102. The van der Waals surface area contributed by atoms with E-state index in [2.05, 4.69) is 15.0 Å². The van der Waals surface area contributed by atoms with E-state index < -0.39 is 10.0 Å². The van der Waals surface area contributed by atoms with Gasteiger partial charge in [0.1, 0.15) is 0 Å². The fraction of sp³-hybridized carbons (Fsp3) is 0.217. The summed E-state index contributed by atoms with van der Waals surface area (Å²) in [6.45, 7) is 0.800. The highest BCUT2D eigenvalue weighted by Gasteiger charge is 2.14. The molecule has 1 amide bonds. The van der Waals surface area contributed by atoms with Gasteiger partial charge in [-0.15, -0.1) is 0 Å². The Kier molecular flexibility index (Phi) is 7.88. The average Bonchev–Trinajstić information content (AvgIpc) is 2.79. The van der Waals surface area contributed by atoms with Crippen molar-refractivity contribution < 1.29 is 17.9 Å². The van der Waals surface area contributed by atoms with Gasteiger partial charge in [0, 0.05) is 32.0 Å². The van der Waals surface area contributed by atoms with Crippen LogP contribution in [0.3, 0.4) is 0 Å². The first-order valence-corrected chi connectivity index (χ1v) is 11.3. The average molecular weight is 440 g/mol. The number of pyridine rings is 1. The van der Waals surface area contributed by atoms with Crippen LogP contribution >= 0.6 is 0 Å². The third-order valence-electron chi connectivity index (χ3n) is 4.65. The number of aromatic nitrogens is 1. The summed E-state index contributed by atoms with van der Waals surface area (Å²) >= 11 is 0. The Balaban J connectivity index is 1.55. The molecule has 0 saturated heterocycles.